The molecule has 0 aromatic heterocycles. The van der Waals surface area contributed by atoms with Crippen molar-refractivity contribution in [1.82, 2.24) is 15.5 Å². The van der Waals surface area contributed by atoms with Crippen molar-refractivity contribution in [3.8, 4) is 0 Å². The monoisotopic (exact) mass is 287 g/mol. The number of nitrogens with one attached hydrogen (secondary N) is 2. The van der Waals surface area contributed by atoms with Gasteiger partial charge in [-0.3, -0.25) is 4.79 Å². The summed E-state index contributed by atoms with van der Waals surface area (Å²) >= 11 is 0. The number of amides is 3. The zero-order chi connectivity index (χ0) is 15.5. The van der Waals surface area contributed by atoms with E-state index in [1.165, 1.54) is 0 Å². The fraction of sp³-hybridized carbons (Fsp3) is 0.750. The first-order valence-electron chi connectivity index (χ1n) is 6.36. The van der Waals surface area contributed by atoms with Crippen molar-refractivity contribution in [2.24, 2.45) is 0 Å². The zero-order valence-corrected chi connectivity index (χ0v) is 11.8. The van der Waals surface area contributed by atoms with Gasteiger partial charge in [0.25, 0.3) is 0 Å². The Bertz CT molecular complexity index is 404. The van der Waals surface area contributed by atoms with Gasteiger partial charge in [0, 0.05) is 18.5 Å². The normalized spacial score (nSPS) is 22.5. The van der Waals surface area contributed by atoms with Gasteiger partial charge in [-0.05, 0) is 20.8 Å². The molecule has 0 bridgehead atoms. The fourth-order valence-electron chi connectivity index (χ4n) is 1.99. The van der Waals surface area contributed by atoms with Crippen molar-refractivity contribution in [2.75, 3.05) is 13.1 Å². The van der Waals surface area contributed by atoms with E-state index in [4.69, 9.17) is 5.11 Å². The number of carbonyl (C=O) groups excluding carboxylic acids is 2. The van der Waals surface area contributed by atoms with Crippen molar-refractivity contribution in [3.05, 3.63) is 0 Å². The maximum atomic E-state index is 11.8. The molecule has 1 aliphatic rings. The predicted molar refractivity (Wildman–Crippen MR) is 70.0 cm³/mol. The second-order valence-electron chi connectivity index (χ2n) is 5.85. The molecule has 4 N–H and O–H groups in total. The molecule has 3 amide bonds. The van der Waals surface area contributed by atoms with E-state index in [-0.39, 0.29) is 25.4 Å². The molecule has 0 unspecified atom stereocenters. The van der Waals surface area contributed by atoms with Crippen LogP contribution in [0.5, 0.6) is 0 Å². The molecule has 1 heterocycles. The zero-order valence-electron chi connectivity index (χ0n) is 11.8. The number of carboxylic acid groups (broad SMARTS) is 1. The van der Waals surface area contributed by atoms with E-state index in [2.05, 4.69) is 10.6 Å². The summed E-state index contributed by atoms with van der Waals surface area (Å²) < 4.78 is 0. The molecular weight excluding hydrogens is 266 g/mol. The minimum absolute atomic E-state index is 0.00303. The Labute approximate surface area is 117 Å². The minimum atomic E-state index is -1.17. The van der Waals surface area contributed by atoms with Crippen molar-refractivity contribution in [3.63, 3.8) is 0 Å². The molecule has 2 atom stereocenters. The Kier molecular flexibility index (Phi) is 4.93. The van der Waals surface area contributed by atoms with Crippen molar-refractivity contribution >= 4 is 17.9 Å². The van der Waals surface area contributed by atoms with Crippen molar-refractivity contribution < 1.29 is 24.6 Å². The number of likely N-dealkylation sites (tertiary alicyclic amines) is 1. The Morgan fingerprint density at radius 1 is 1.30 bits per heavy atom. The fourth-order valence-corrected chi connectivity index (χ4v) is 1.99. The van der Waals surface area contributed by atoms with Gasteiger partial charge >= 0.3 is 12.0 Å². The highest BCUT2D eigenvalue weighted by Crippen LogP contribution is 2.17. The molecular formula is C12H21N3O5. The molecule has 1 aliphatic heterocycles. The highest BCUT2D eigenvalue weighted by Gasteiger charge is 2.39. The van der Waals surface area contributed by atoms with E-state index >= 15 is 0 Å². The molecule has 1 rings (SSSR count). The summed E-state index contributed by atoms with van der Waals surface area (Å²) in [6.07, 6.45) is -0.859. The molecule has 1 saturated heterocycles. The Balaban J connectivity index is 2.50. The molecule has 0 aromatic carbocycles. The van der Waals surface area contributed by atoms with E-state index in [0.29, 0.717) is 0 Å². The van der Waals surface area contributed by atoms with Crippen molar-refractivity contribution in [1.29, 1.82) is 0 Å². The van der Waals surface area contributed by atoms with Crippen LogP contribution in [-0.4, -0.2) is 63.8 Å². The molecule has 0 aromatic rings. The van der Waals surface area contributed by atoms with Gasteiger partial charge < -0.3 is 25.7 Å². The Morgan fingerprint density at radius 3 is 2.40 bits per heavy atom. The first-order valence-corrected chi connectivity index (χ1v) is 6.36. The van der Waals surface area contributed by atoms with E-state index in [9.17, 15) is 19.5 Å². The van der Waals surface area contributed by atoms with Gasteiger partial charge in [-0.15, -0.1) is 0 Å². The highest BCUT2D eigenvalue weighted by molar-refractivity contribution is 5.87. The lowest BCUT2D eigenvalue weighted by Crippen LogP contribution is -2.50. The summed E-state index contributed by atoms with van der Waals surface area (Å²) in [4.78, 5) is 35.4. The molecule has 8 nitrogen and oxygen atoms in total. The van der Waals surface area contributed by atoms with Crippen LogP contribution in [0.15, 0.2) is 0 Å². The SMILES string of the molecule is CC(C)(C)NC(=O)CNC(=O)N1C[C@@H](O)C[C@H]1C(=O)O. The van der Waals surface area contributed by atoms with Crippen LogP contribution in [0.3, 0.4) is 0 Å². The van der Waals surface area contributed by atoms with E-state index in [0.717, 1.165) is 4.90 Å². The Hall–Kier alpha value is -1.83. The van der Waals surface area contributed by atoms with Gasteiger partial charge in [-0.1, -0.05) is 0 Å². The number of carbonyl (C=O) groups is 3. The van der Waals surface area contributed by atoms with Gasteiger partial charge in [-0.2, -0.15) is 0 Å². The smallest absolute Gasteiger partial charge is 0.326 e. The minimum Gasteiger partial charge on any atom is -0.480 e. The number of β-amino-alcohol motifs (C(OH)–C–C–N with tert-alkyl or cyclic N) is 1. The first kappa shape index (κ1) is 16.2. The van der Waals surface area contributed by atoms with Crippen LogP contribution in [0.2, 0.25) is 0 Å². The molecule has 0 spiro atoms. The third kappa shape index (κ3) is 4.69. The summed E-state index contributed by atoms with van der Waals surface area (Å²) in [7, 11) is 0. The summed E-state index contributed by atoms with van der Waals surface area (Å²) in [5.41, 5.74) is -0.407. The van der Waals surface area contributed by atoms with E-state index < -0.39 is 29.7 Å². The van der Waals surface area contributed by atoms with Crippen LogP contribution in [0.1, 0.15) is 27.2 Å². The number of hydrogen-bond acceptors (Lipinski definition) is 4. The summed E-state index contributed by atoms with van der Waals surface area (Å²) in [6.45, 7) is 5.14. The van der Waals surface area contributed by atoms with Gasteiger partial charge in [0.2, 0.25) is 5.91 Å². The summed E-state index contributed by atoms with van der Waals surface area (Å²) in [6, 6.07) is -1.73. The number of rotatable bonds is 3. The predicted octanol–water partition coefficient (Wildman–Crippen LogP) is -0.869. The Morgan fingerprint density at radius 2 is 1.90 bits per heavy atom. The molecule has 0 aliphatic carbocycles. The van der Waals surface area contributed by atoms with Crippen LogP contribution in [0.25, 0.3) is 0 Å². The van der Waals surface area contributed by atoms with Gasteiger partial charge in [-0.25, -0.2) is 9.59 Å². The second-order valence-corrected chi connectivity index (χ2v) is 5.85. The molecule has 20 heavy (non-hydrogen) atoms. The van der Waals surface area contributed by atoms with Crippen LogP contribution in [-0.2, 0) is 9.59 Å². The third-order valence-corrected chi connectivity index (χ3v) is 2.74. The number of carboxylic acids is 1. The van der Waals surface area contributed by atoms with E-state index in [1.807, 2.05) is 20.8 Å². The maximum Gasteiger partial charge on any atom is 0.326 e. The van der Waals surface area contributed by atoms with E-state index in [1.54, 1.807) is 0 Å². The molecule has 0 saturated carbocycles. The van der Waals surface area contributed by atoms with Crippen LogP contribution >= 0.6 is 0 Å². The number of aliphatic hydroxyl groups excluding tert-OH is 1. The topological polar surface area (TPSA) is 119 Å². The lowest BCUT2D eigenvalue weighted by atomic mass is 10.1. The summed E-state index contributed by atoms with van der Waals surface area (Å²) in [5, 5.41) is 23.4. The third-order valence-electron chi connectivity index (χ3n) is 2.74. The first-order chi connectivity index (χ1) is 9.10. The lowest BCUT2D eigenvalue weighted by Gasteiger charge is -2.23. The number of hydrogen-bond donors (Lipinski definition) is 4. The van der Waals surface area contributed by atoms with Gasteiger partial charge in [0.15, 0.2) is 0 Å². The molecule has 1 fully saturated rings. The van der Waals surface area contributed by atoms with Crippen LogP contribution < -0.4 is 10.6 Å². The van der Waals surface area contributed by atoms with Crippen molar-refractivity contribution in [2.45, 2.75) is 44.9 Å². The number of aliphatic hydroxyl groups is 1. The molecule has 114 valence electrons. The molecule has 8 heteroatoms. The standard InChI is InChI=1S/C12H21N3O5/c1-12(2,3)14-9(17)5-13-11(20)15-6-7(16)4-8(15)10(18)19/h7-8,16H,4-6H2,1-3H3,(H,13,20)(H,14,17)(H,18,19)/t7-,8-/m0/s1. The van der Waals surface area contributed by atoms with Crippen LogP contribution in [0.4, 0.5) is 4.79 Å². The largest absolute Gasteiger partial charge is 0.480 e. The second kappa shape index (κ2) is 6.08. The maximum absolute atomic E-state index is 11.8. The van der Waals surface area contributed by atoms with Gasteiger partial charge in [0.05, 0.1) is 12.6 Å². The number of aliphatic carboxylic acids is 1. The summed E-state index contributed by atoms with van der Waals surface area (Å²) in [5.74, 6) is -1.53. The number of urea groups is 1. The average Bonchev–Trinajstić information content (AvgIpc) is 2.66. The quantitative estimate of drug-likeness (QED) is 0.538. The lowest BCUT2D eigenvalue weighted by molar-refractivity contribution is -0.141. The number of nitrogens with zero attached hydrogens (tertiary/aromatic N) is 1. The molecule has 0 radical (unpaired) electrons. The van der Waals surface area contributed by atoms with Gasteiger partial charge in [0.1, 0.15) is 6.04 Å². The van der Waals surface area contributed by atoms with Crippen LogP contribution in [0, 0.1) is 0 Å². The average molecular weight is 287 g/mol. The highest BCUT2D eigenvalue weighted by atomic mass is 16.4.